The maximum absolute atomic E-state index is 11.4. The first-order valence-electron chi connectivity index (χ1n) is 5.21. The Labute approximate surface area is 90.8 Å². The van der Waals surface area contributed by atoms with Crippen LogP contribution >= 0.6 is 0 Å². The van der Waals surface area contributed by atoms with Crippen LogP contribution in [0.5, 0.6) is 0 Å². The van der Waals surface area contributed by atoms with Crippen molar-refractivity contribution in [3.63, 3.8) is 0 Å². The highest BCUT2D eigenvalue weighted by Gasteiger charge is 2.13. The molecule has 0 saturated heterocycles. The summed E-state index contributed by atoms with van der Waals surface area (Å²) in [6.45, 7) is 6.33. The Balaban J connectivity index is 3.60. The minimum atomic E-state index is -0.456. The van der Waals surface area contributed by atoms with Crippen molar-refractivity contribution in [2.24, 2.45) is 11.7 Å². The average molecular weight is 215 g/mol. The molecule has 15 heavy (non-hydrogen) atoms. The Morgan fingerprint density at radius 3 is 2.20 bits per heavy atom. The Kier molecular flexibility index (Phi) is 6.70. The van der Waals surface area contributed by atoms with E-state index in [1.54, 1.807) is 0 Å². The Bertz CT molecular complexity index is 217. The van der Waals surface area contributed by atoms with E-state index in [0.29, 0.717) is 25.4 Å². The van der Waals surface area contributed by atoms with Crippen molar-refractivity contribution >= 4 is 11.8 Å². The van der Waals surface area contributed by atoms with Gasteiger partial charge in [-0.2, -0.15) is 0 Å². The van der Waals surface area contributed by atoms with E-state index in [-0.39, 0.29) is 11.8 Å². The van der Waals surface area contributed by atoms with Crippen LogP contribution in [0, 0.1) is 5.92 Å². The van der Waals surface area contributed by atoms with E-state index in [9.17, 15) is 9.59 Å². The number of hydrogen-bond acceptors (Lipinski definition) is 3. The standard InChI is InChI=1S/C10H21N3O2/c1-7(2)6-9(11)10(15)13-5-4-12-8(3)14/h7,9H,4-6,11H2,1-3H3,(H,12,14)(H,13,15)/t9-/m0/s1. The lowest BCUT2D eigenvalue weighted by Crippen LogP contribution is -2.43. The molecule has 0 aliphatic heterocycles. The SMILES string of the molecule is CC(=O)NCCNC(=O)[C@@H](N)CC(C)C. The number of nitrogens with two attached hydrogens (primary N) is 1. The van der Waals surface area contributed by atoms with E-state index < -0.39 is 6.04 Å². The lowest BCUT2D eigenvalue weighted by atomic mass is 10.0. The summed E-state index contributed by atoms with van der Waals surface area (Å²) in [5.74, 6) is 0.144. The van der Waals surface area contributed by atoms with Gasteiger partial charge in [-0.15, -0.1) is 0 Å². The number of hydrogen-bond donors (Lipinski definition) is 3. The average Bonchev–Trinajstić information content (AvgIpc) is 2.10. The lowest BCUT2D eigenvalue weighted by molar-refractivity contribution is -0.123. The van der Waals surface area contributed by atoms with Crippen molar-refractivity contribution in [3.05, 3.63) is 0 Å². The summed E-state index contributed by atoms with van der Waals surface area (Å²) in [6.07, 6.45) is 0.673. The smallest absolute Gasteiger partial charge is 0.236 e. The fourth-order valence-corrected chi connectivity index (χ4v) is 1.17. The zero-order chi connectivity index (χ0) is 11.8. The molecule has 0 aromatic rings. The van der Waals surface area contributed by atoms with E-state index >= 15 is 0 Å². The molecule has 0 aliphatic rings. The minimum absolute atomic E-state index is 0.101. The van der Waals surface area contributed by atoms with Gasteiger partial charge in [0.15, 0.2) is 0 Å². The van der Waals surface area contributed by atoms with Crippen molar-refractivity contribution in [2.75, 3.05) is 13.1 Å². The highest BCUT2D eigenvalue weighted by molar-refractivity contribution is 5.81. The summed E-state index contributed by atoms with van der Waals surface area (Å²) in [5, 5.41) is 5.25. The van der Waals surface area contributed by atoms with Gasteiger partial charge in [0.25, 0.3) is 0 Å². The molecular weight excluding hydrogens is 194 g/mol. The second kappa shape index (κ2) is 7.23. The van der Waals surface area contributed by atoms with Gasteiger partial charge in [-0.25, -0.2) is 0 Å². The van der Waals surface area contributed by atoms with Crippen LogP contribution in [-0.4, -0.2) is 30.9 Å². The molecule has 0 radical (unpaired) electrons. The fraction of sp³-hybridized carbons (Fsp3) is 0.800. The van der Waals surface area contributed by atoms with Gasteiger partial charge in [-0.3, -0.25) is 9.59 Å². The minimum Gasteiger partial charge on any atom is -0.355 e. The third-order valence-corrected chi connectivity index (χ3v) is 1.86. The van der Waals surface area contributed by atoms with Gasteiger partial charge < -0.3 is 16.4 Å². The van der Waals surface area contributed by atoms with E-state index in [4.69, 9.17) is 5.73 Å². The van der Waals surface area contributed by atoms with Crippen molar-refractivity contribution in [1.29, 1.82) is 0 Å². The summed E-state index contributed by atoms with van der Waals surface area (Å²) in [6, 6.07) is -0.456. The van der Waals surface area contributed by atoms with Crippen LogP contribution in [-0.2, 0) is 9.59 Å². The summed E-state index contributed by atoms with van der Waals surface area (Å²) in [7, 11) is 0. The molecule has 0 unspecified atom stereocenters. The fourth-order valence-electron chi connectivity index (χ4n) is 1.17. The van der Waals surface area contributed by atoms with Crippen LogP contribution in [0.4, 0.5) is 0 Å². The molecule has 0 heterocycles. The van der Waals surface area contributed by atoms with Crippen molar-refractivity contribution in [3.8, 4) is 0 Å². The molecule has 0 aromatic carbocycles. The zero-order valence-corrected chi connectivity index (χ0v) is 9.67. The summed E-state index contributed by atoms with van der Waals surface area (Å²) in [4.78, 5) is 21.9. The van der Waals surface area contributed by atoms with Gasteiger partial charge in [0.1, 0.15) is 0 Å². The Morgan fingerprint density at radius 1 is 1.20 bits per heavy atom. The van der Waals surface area contributed by atoms with Crippen LogP contribution in [0.1, 0.15) is 27.2 Å². The molecule has 5 nitrogen and oxygen atoms in total. The number of amides is 2. The highest BCUT2D eigenvalue weighted by atomic mass is 16.2. The zero-order valence-electron chi connectivity index (χ0n) is 9.67. The van der Waals surface area contributed by atoms with Crippen LogP contribution in [0.25, 0.3) is 0 Å². The molecule has 5 heteroatoms. The molecular formula is C10H21N3O2. The molecule has 0 aliphatic carbocycles. The van der Waals surface area contributed by atoms with Crippen LogP contribution in [0.15, 0.2) is 0 Å². The molecule has 1 atom stereocenters. The highest BCUT2D eigenvalue weighted by Crippen LogP contribution is 2.01. The van der Waals surface area contributed by atoms with Crippen LogP contribution < -0.4 is 16.4 Å². The van der Waals surface area contributed by atoms with E-state index in [1.807, 2.05) is 13.8 Å². The first-order valence-corrected chi connectivity index (χ1v) is 5.21. The van der Waals surface area contributed by atoms with Crippen LogP contribution in [0.3, 0.4) is 0 Å². The predicted octanol–water partition coefficient (Wildman–Crippen LogP) is -0.388. The van der Waals surface area contributed by atoms with Gasteiger partial charge in [0, 0.05) is 20.0 Å². The molecule has 0 fully saturated rings. The van der Waals surface area contributed by atoms with Crippen molar-refractivity contribution < 1.29 is 9.59 Å². The number of carbonyl (C=O) groups excluding carboxylic acids is 2. The molecule has 0 saturated carbocycles. The summed E-state index contributed by atoms with van der Waals surface area (Å²) >= 11 is 0. The number of carbonyl (C=O) groups is 2. The van der Waals surface area contributed by atoms with Gasteiger partial charge >= 0.3 is 0 Å². The van der Waals surface area contributed by atoms with Crippen LogP contribution in [0.2, 0.25) is 0 Å². The van der Waals surface area contributed by atoms with Gasteiger partial charge in [-0.1, -0.05) is 13.8 Å². The van der Waals surface area contributed by atoms with Crippen molar-refractivity contribution in [2.45, 2.75) is 33.2 Å². The normalized spacial score (nSPS) is 12.3. The van der Waals surface area contributed by atoms with E-state index in [2.05, 4.69) is 10.6 Å². The third-order valence-electron chi connectivity index (χ3n) is 1.86. The first kappa shape index (κ1) is 13.9. The summed E-state index contributed by atoms with van der Waals surface area (Å²) in [5.41, 5.74) is 5.66. The van der Waals surface area contributed by atoms with E-state index in [0.717, 1.165) is 0 Å². The number of nitrogens with one attached hydrogen (secondary N) is 2. The molecule has 4 N–H and O–H groups in total. The molecule has 0 bridgehead atoms. The van der Waals surface area contributed by atoms with E-state index in [1.165, 1.54) is 6.92 Å². The summed E-state index contributed by atoms with van der Waals surface area (Å²) < 4.78 is 0. The second-order valence-electron chi connectivity index (χ2n) is 4.01. The Morgan fingerprint density at radius 2 is 1.73 bits per heavy atom. The topological polar surface area (TPSA) is 84.2 Å². The second-order valence-corrected chi connectivity index (χ2v) is 4.01. The van der Waals surface area contributed by atoms with Gasteiger partial charge in [0.2, 0.25) is 11.8 Å². The molecule has 0 aromatic heterocycles. The molecule has 0 spiro atoms. The lowest BCUT2D eigenvalue weighted by Gasteiger charge is -2.14. The first-order chi connectivity index (χ1) is 6.93. The number of rotatable bonds is 6. The monoisotopic (exact) mass is 215 g/mol. The Hall–Kier alpha value is -1.10. The van der Waals surface area contributed by atoms with Gasteiger partial charge in [0.05, 0.1) is 6.04 Å². The van der Waals surface area contributed by atoms with Gasteiger partial charge in [-0.05, 0) is 12.3 Å². The maximum Gasteiger partial charge on any atom is 0.236 e. The molecule has 0 rings (SSSR count). The maximum atomic E-state index is 11.4. The van der Waals surface area contributed by atoms with Crippen molar-refractivity contribution in [1.82, 2.24) is 10.6 Å². The molecule has 88 valence electrons. The quantitative estimate of drug-likeness (QED) is 0.528. The molecule has 2 amide bonds. The predicted molar refractivity (Wildman–Crippen MR) is 59.1 cm³/mol. The largest absolute Gasteiger partial charge is 0.355 e. The third kappa shape index (κ3) is 7.93.